The maximum atomic E-state index is 13.5. The zero-order chi connectivity index (χ0) is 13.8. The predicted molar refractivity (Wildman–Crippen MR) is 77.7 cm³/mol. The Morgan fingerprint density at radius 1 is 1.15 bits per heavy atom. The molecule has 3 heteroatoms. The number of aromatic nitrogens is 2. The van der Waals surface area contributed by atoms with E-state index in [1.54, 1.807) is 12.3 Å². The van der Waals surface area contributed by atoms with E-state index >= 15 is 0 Å². The molecule has 0 unspecified atom stereocenters. The fraction of sp³-hybridized carbons (Fsp3) is 0.118. The average Bonchev–Trinajstić information content (AvgIpc) is 2.89. The molecule has 0 saturated heterocycles. The summed E-state index contributed by atoms with van der Waals surface area (Å²) in [5, 5.41) is 0.901. The second-order valence-electron chi connectivity index (χ2n) is 4.52. The lowest BCUT2D eigenvalue weighted by Crippen LogP contribution is -1.84. The van der Waals surface area contributed by atoms with Crippen LogP contribution in [0.4, 0.5) is 4.39 Å². The fourth-order valence-corrected chi connectivity index (χ4v) is 2.10. The van der Waals surface area contributed by atoms with E-state index in [2.05, 4.69) is 21.8 Å². The summed E-state index contributed by atoms with van der Waals surface area (Å²) >= 11 is 0. The van der Waals surface area contributed by atoms with E-state index in [9.17, 15) is 4.39 Å². The number of hydrogen-bond acceptors (Lipinski definition) is 1. The summed E-state index contributed by atoms with van der Waals surface area (Å²) in [7, 11) is 0. The number of hydrogen-bond donors (Lipinski definition) is 1. The molecule has 0 fully saturated rings. The van der Waals surface area contributed by atoms with Crippen molar-refractivity contribution in [2.75, 3.05) is 0 Å². The second kappa shape index (κ2) is 5.58. The minimum atomic E-state index is -0.215. The molecule has 3 aromatic rings. The lowest BCUT2D eigenvalue weighted by Gasteiger charge is -1.91. The van der Waals surface area contributed by atoms with Gasteiger partial charge in [0.1, 0.15) is 11.5 Å². The molecule has 0 amide bonds. The highest BCUT2D eigenvalue weighted by Crippen LogP contribution is 2.18. The largest absolute Gasteiger partial charge is 0.356 e. The van der Waals surface area contributed by atoms with Crippen molar-refractivity contribution < 1.29 is 4.39 Å². The van der Waals surface area contributed by atoms with Crippen LogP contribution in [0.2, 0.25) is 0 Å². The standard InChI is InChI=1S/C17H13FN2/c18-16-10-5-6-13-12-15(20-17(13)16)9-2-1-7-14-8-3-4-11-19-14/h3-6,8,10-12,20H,2,9H2. The molecule has 0 bridgehead atoms. The third kappa shape index (κ3) is 2.70. The van der Waals surface area contributed by atoms with Crippen LogP contribution in [-0.4, -0.2) is 9.97 Å². The first kappa shape index (κ1) is 12.4. The summed E-state index contributed by atoms with van der Waals surface area (Å²) in [6.07, 6.45) is 3.21. The number of H-pyrrole nitrogens is 1. The number of aryl methyl sites for hydroxylation is 1. The molecule has 2 nitrogen and oxygen atoms in total. The van der Waals surface area contributed by atoms with Crippen LogP contribution in [-0.2, 0) is 6.42 Å². The highest BCUT2D eigenvalue weighted by molar-refractivity contribution is 5.80. The van der Waals surface area contributed by atoms with Gasteiger partial charge in [0.2, 0.25) is 0 Å². The van der Waals surface area contributed by atoms with Crippen LogP contribution in [0.15, 0.2) is 48.7 Å². The monoisotopic (exact) mass is 264 g/mol. The number of pyridine rings is 1. The van der Waals surface area contributed by atoms with Crippen molar-refractivity contribution in [2.45, 2.75) is 12.8 Å². The van der Waals surface area contributed by atoms with E-state index in [1.807, 2.05) is 30.3 Å². The van der Waals surface area contributed by atoms with E-state index in [0.29, 0.717) is 11.9 Å². The Kier molecular flexibility index (Phi) is 3.47. The van der Waals surface area contributed by atoms with Gasteiger partial charge in [-0.2, -0.15) is 0 Å². The van der Waals surface area contributed by atoms with Gasteiger partial charge in [-0.3, -0.25) is 0 Å². The van der Waals surface area contributed by atoms with Gasteiger partial charge in [0.25, 0.3) is 0 Å². The first-order valence-corrected chi connectivity index (χ1v) is 6.49. The number of nitrogens with zero attached hydrogens (tertiary/aromatic N) is 1. The van der Waals surface area contributed by atoms with Crippen molar-refractivity contribution in [1.29, 1.82) is 0 Å². The van der Waals surface area contributed by atoms with Crippen LogP contribution in [0, 0.1) is 17.7 Å². The van der Waals surface area contributed by atoms with Crippen molar-refractivity contribution in [2.24, 2.45) is 0 Å². The number of halogens is 1. The summed E-state index contributed by atoms with van der Waals surface area (Å²) in [6, 6.07) is 12.7. The van der Waals surface area contributed by atoms with Gasteiger partial charge >= 0.3 is 0 Å². The molecule has 0 atom stereocenters. The second-order valence-corrected chi connectivity index (χ2v) is 4.52. The summed E-state index contributed by atoms with van der Waals surface area (Å²) in [6.45, 7) is 0. The molecule has 1 N–H and O–H groups in total. The van der Waals surface area contributed by atoms with Crippen LogP contribution in [0.5, 0.6) is 0 Å². The molecule has 0 saturated carbocycles. The smallest absolute Gasteiger partial charge is 0.147 e. The van der Waals surface area contributed by atoms with Gasteiger partial charge in [-0.25, -0.2) is 9.37 Å². The van der Waals surface area contributed by atoms with E-state index in [-0.39, 0.29) is 5.82 Å². The van der Waals surface area contributed by atoms with E-state index in [4.69, 9.17) is 0 Å². The van der Waals surface area contributed by atoms with Crippen LogP contribution in [0.25, 0.3) is 10.9 Å². The van der Waals surface area contributed by atoms with Gasteiger partial charge in [0, 0.05) is 23.7 Å². The van der Waals surface area contributed by atoms with Gasteiger partial charge in [-0.1, -0.05) is 24.1 Å². The Morgan fingerprint density at radius 3 is 2.90 bits per heavy atom. The third-order valence-electron chi connectivity index (χ3n) is 3.06. The maximum absolute atomic E-state index is 13.5. The van der Waals surface area contributed by atoms with Gasteiger partial charge < -0.3 is 4.98 Å². The molecule has 0 aliphatic carbocycles. The summed E-state index contributed by atoms with van der Waals surface area (Å²) in [5.74, 6) is 5.88. The molecule has 0 aliphatic heterocycles. The first-order valence-electron chi connectivity index (χ1n) is 6.49. The van der Waals surface area contributed by atoms with E-state index < -0.39 is 0 Å². The molecule has 0 spiro atoms. The molecule has 0 aliphatic rings. The molecule has 3 rings (SSSR count). The highest BCUT2D eigenvalue weighted by Gasteiger charge is 2.03. The van der Waals surface area contributed by atoms with Gasteiger partial charge in [0.05, 0.1) is 5.52 Å². The first-order chi connectivity index (χ1) is 9.83. The molecule has 98 valence electrons. The molecule has 20 heavy (non-hydrogen) atoms. The minimum Gasteiger partial charge on any atom is -0.356 e. The quantitative estimate of drug-likeness (QED) is 0.703. The van der Waals surface area contributed by atoms with Crippen LogP contribution in [0.1, 0.15) is 17.8 Å². The summed E-state index contributed by atoms with van der Waals surface area (Å²) < 4.78 is 13.5. The molecule has 2 aromatic heterocycles. The van der Waals surface area contributed by atoms with Crippen LogP contribution < -0.4 is 0 Å². The fourth-order valence-electron chi connectivity index (χ4n) is 2.10. The van der Waals surface area contributed by atoms with Crippen molar-refractivity contribution in [3.8, 4) is 11.8 Å². The highest BCUT2D eigenvalue weighted by atomic mass is 19.1. The Morgan fingerprint density at radius 2 is 2.10 bits per heavy atom. The topological polar surface area (TPSA) is 28.7 Å². The number of rotatable bonds is 2. The Balaban J connectivity index is 1.69. The molecule has 2 heterocycles. The van der Waals surface area contributed by atoms with Crippen LogP contribution in [0.3, 0.4) is 0 Å². The summed E-state index contributed by atoms with van der Waals surface area (Å²) in [5.41, 5.74) is 2.34. The van der Waals surface area contributed by atoms with Gasteiger partial charge in [0.15, 0.2) is 0 Å². The zero-order valence-electron chi connectivity index (χ0n) is 10.9. The lowest BCUT2D eigenvalue weighted by molar-refractivity contribution is 0.637. The average molecular weight is 264 g/mol. The SMILES string of the molecule is Fc1cccc2cc(CCC#Cc3ccccn3)[nH]c12. The van der Waals surface area contributed by atoms with Crippen LogP contribution >= 0.6 is 0 Å². The van der Waals surface area contributed by atoms with E-state index in [0.717, 1.165) is 23.2 Å². The van der Waals surface area contributed by atoms with Crippen molar-refractivity contribution >= 4 is 10.9 Å². The third-order valence-corrected chi connectivity index (χ3v) is 3.06. The molecular formula is C17H13FN2. The van der Waals surface area contributed by atoms with E-state index in [1.165, 1.54) is 6.07 Å². The number of fused-ring (bicyclic) bond motifs is 1. The van der Waals surface area contributed by atoms with Gasteiger partial charge in [-0.05, 0) is 36.6 Å². The predicted octanol–water partition coefficient (Wildman–Crippen LogP) is 3.69. The Hall–Kier alpha value is -2.60. The zero-order valence-corrected chi connectivity index (χ0v) is 10.9. The number of aromatic amines is 1. The molecule has 1 aromatic carbocycles. The number of nitrogens with one attached hydrogen (secondary N) is 1. The number of para-hydroxylation sites is 1. The maximum Gasteiger partial charge on any atom is 0.147 e. The Bertz CT molecular complexity index is 779. The summed E-state index contributed by atoms with van der Waals surface area (Å²) in [4.78, 5) is 7.24. The van der Waals surface area contributed by atoms with Crippen molar-refractivity contribution in [1.82, 2.24) is 9.97 Å². The van der Waals surface area contributed by atoms with Crippen molar-refractivity contribution in [3.63, 3.8) is 0 Å². The molecule has 0 radical (unpaired) electrons. The number of benzene rings is 1. The minimum absolute atomic E-state index is 0.215. The van der Waals surface area contributed by atoms with Gasteiger partial charge in [-0.15, -0.1) is 0 Å². The van der Waals surface area contributed by atoms with Crippen molar-refractivity contribution in [3.05, 3.63) is 65.9 Å². The Labute approximate surface area is 116 Å². The lowest BCUT2D eigenvalue weighted by atomic mass is 10.2. The normalized spacial score (nSPS) is 10.2. The molecular weight excluding hydrogens is 251 g/mol.